The number of nitrogens with zero attached hydrogens (tertiary/aromatic N) is 1. The molecule has 0 bridgehead atoms. The Hall–Kier alpha value is -5.37. The zero-order valence-electron chi connectivity index (χ0n) is 35.0. The van der Waals surface area contributed by atoms with Crippen molar-refractivity contribution < 1.29 is 46.2 Å². The third kappa shape index (κ3) is 16.1. The minimum Gasteiger partial charge on any atom is -0.744 e. The summed E-state index contributed by atoms with van der Waals surface area (Å²) in [6.07, 6.45) is 1.74. The molecular formula is C46H53NO10S2. The first-order valence-corrected chi connectivity index (χ1v) is 21.5. The Balaban J connectivity index is 0.000000464. The van der Waals surface area contributed by atoms with Crippen LogP contribution in [0.4, 0.5) is 0 Å². The highest BCUT2D eigenvalue weighted by Crippen LogP contribution is 2.35. The van der Waals surface area contributed by atoms with Crippen molar-refractivity contribution in [3.8, 4) is 17.2 Å². The Morgan fingerprint density at radius 3 is 1.53 bits per heavy atom. The second-order valence-corrected chi connectivity index (χ2v) is 19.7. The number of benzene rings is 4. The Kier molecular flexibility index (Phi) is 15.7. The molecule has 0 aliphatic rings. The van der Waals surface area contributed by atoms with E-state index in [4.69, 9.17) is 23.7 Å². The summed E-state index contributed by atoms with van der Waals surface area (Å²) < 4.78 is 60.1. The molecule has 0 saturated carbocycles. The molecule has 5 aromatic rings. The Morgan fingerprint density at radius 2 is 1.10 bits per heavy atom. The monoisotopic (exact) mass is 843 g/mol. The van der Waals surface area contributed by atoms with Crippen molar-refractivity contribution in [1.29, 1.82) is 0 Å². The quantitative estimate of drug-likeness (QED) is 0.0635. The molecule has 0 unspecified atom stereocenters. The fourth-order valence-corrected chi connectivity index (χ4v) is 7.78. The lowest BCUT2D eigenvalue weighted by Crippen LogP contribution is -2.27. The molecule has 4 aromatic carbocycles. The second-order valence-electron chi connectivity index (χ2n) is 16.3. The fourth-order valence-electron chi connectivity index (χ4n) is 5.23. The number of pyridine rings is 1. The van der Waals surface area contributed by atoms with Gasteiger partial charge in [0.25, 0.3) is 0 Å². The number of rotatable bonds is 13. The van der Waals surface area contributed by atoms with Crippen molar-refractivity contribution in [1.82, 2.24) is 4.98 Å². The lowest BCUT2D eigenvalue weighted by molar-refractivity contribution is -0.158. The number of carbonyl (C=O) groups is 2. The maximum atomic E-state index is 12.1. The van der Waals surface area contributed by atoms with Crippen LogP contribution in [0.2, 0.25) is 0 Å². The predicted molar refractivity (Wildman–Crippen MR) is 226 cm³/mol. The number of aromatic nitrogens is 1. The lowest BCUT2D eigenvalue weighted by Gasteiger charge is -2.19. The van der Waals surface area contributed by atoms with Crippen molar-refractivity contribution in [3.05, 3.63) is 133 Å². The topological polar surface area (TPSA) is 150 Å². The molecule has 11 nitrogen and oxygen atoms in total. The van der Waals surface area contributed by atoms with Gasteiger partial charge >= 0.3 is 11.9 Å². The van der Waals surface area contributed by atoms with Crippen LogP contribution in [0.25, 0.3) is 0 Å². The molecule has 0 radical (unpaired) electrons. The molecule has 0 fully saturated rings. The van der Waals surface area contributed by atoms with Gasteiger partial charge in [-0.2, -0.15) is 0 Å². The molecule has 0 amide bonds. The van der Waals surface area contributed by atoms with Gasteiger partial charge in [-0.3, -0.25) is 4.98 Å². The summed E-state index contributed by atoms with van der Waals surface area (Å²) in [6.45, 7) is 17.0. The average molecular weight is 844 g/mol. The number of ether oxygens (including phenoxy) is 5. The van der Waals surface area contributed by atoms with E-state index in [1.807, 2.05) is 147 Å². The summed E-state index contributed by atoms with van der Waals surface area (Å²) in [6, 6.07) is 35.1. The van der Waals surface area contributed by atoms with Crippen LogP contribution in [0.15, 0.2) is 141 Å². The van der Waals surface area contributed by atoms with Gasteiger partial charge in [-0.05, 0) is 137 Å². The van der Waals surface area contributed by atoms with Gasteiger partial charge in [-0.1, -0.05) is 45.0 Å². The molecule has 13 heteroatoms. The summed E-state index contributed by atoms with van der Waals surface area (Å²) in [4.78, 5) is 31.5. The van der Waals surface area contributed by atoms with Gasteiger partial charge in [-0.25, -0.2) is 18.0 Å². The van der Waals surface area contributed by atoms with E-state index in [2.05, 4.69) is 11.1 Å². The maximum absolute atomic E-state index is 12.1. The van der Waals surface area contributed by atoms with Crippen LogP contribution < -0.4 is 14.2 Å². The van der Waals surface area contributed by atoms with E-state index in [0.717, 1.165) is 31.7 Å². The van der Waals surface area contributed by atoms with Crippen LogP contribution in [-0.2, 0) is 52.1 Å². The number of esters is 2. The largest absolute Gasteiger partial charge is 0.744 e. The third-order valence-electron chi connectivity index (χ3n) is 7.84. The van der Waals surface area contributed by atoms with Crippen molar-refractivity contribution in [2.75, 3.05) is 13.2 Å². The standard InChI is InChI=1S/C36H40NO7S.C10H14O3S/c1-35(2,3)43-33(38)24-41-27-13-17-30(18-14-27)45(31-19-15-28(16-20-31)42-25-34(39)44-36(4,5)6)32-12-9-11-29(22-32)40-23-26-10-7-8-21-37-26;1-10(2,3)8-4-6-9(7-5-8)14(11,12)13/h7-22H,23-25H2,1-6H3;4-7H,1-3H3,(H,11,12,13)/q+1;/p-1. The molecule has 0 atom stereocenters. The number of hydrogen-bond acceptors (Lipinski definition) is 11. The van der Waals surface area contributed by atoms with Crippen molar-refractivity contribution in [2.24, 2.45) is 0 Å². The van der Waals surface area contributed by atoms with Crippen LogP contribution in [-0.4, -0.2) is 54.3 Å². The minimum atomic E-state index is -4.32. The van der Waals surface area contributed by atoms with Gasteiger partial charge in [0.1, 0.15) is 45.2 Å². The van der Waals surface area contributed by atoms with E-state index < -0.39 is 44.2 Å². The van der Waals surface area contributed by atoms with Crippen LogP contribution in [0.1, 0.15) is 73.6 Å². The Bertz CT molecular complexity index is 2150. The Morgan fingerprint density at radius 1 is 0.593 bits per heavy atom. The first kappa shape index (κ1) is 46.3. The highest BCUT2D eigenvalue weighted by Gasteiger charge is 2.30. The molecule has 1 heterocycles. The van der Waals surface area contributed by atoms with Gasteiger partial charge in [0.15, 0.2) is 27.9 Å². The zero-order chi connectivity index (χ0) is 43.4. The molecule has 0 N–H and O–H groups in total. The normalized spacial score (nSPS) is 11.8. The van der Waals surface area contributed by atoms with Gasteiger partial charge in [0.05, 0.1) is 21.5 Å². The molecular weight excluding hydrogens is 791 g/mol. The van der Waals surface area contributed by atoms with Gasteiger partial charge in [0.2, 0.25) is 0 Å². The van der Waals surface area contributed by atoms with E-state index in [9.17, 15) is 22.6 Å². The van der Waals surface area contributed by atoms with E-state index >= 15 is 0 Å². The van der Waals surface area contributed by atoms with Gasteiger partial charge in [-0.15, -0.1) is 0 Å². The first-order chi connectivity index (χ1) is 27.6. The fraction of sp³-hybridized carbons (Fsp3) is 0.326. The van der Waals surface area contributed by atoms with Gasteiger partial charge < -0.3 is 28.2 Å². The molecule has 59 heavy (non-hydrogen) atoms. The summed E-state index contributed by atoms with van der Waals surface area (Å²) >= 11 is 0. The van der Waals surface area contributed by atoms with Crippen LogP contribution >= 0.6 is 0 Å². The molecule has 314 valence electrons. The van der Waals surface area contributed by atoms with E-state index in [1.165, 1.54) is 12.1 Å². The predicted octanol–water partition coefficient (Wildman–Crippen LogP) is 9.09. The van der Waals surface area contributed by atoms with Crippen molar-refractivity contribution in [2.45, 2.75) is 105 Å². The zero-order valence-corrected chi connectivity index (χ0v) is 36.6. The molecule has 0 aliphatic heterocycles. The molecule has 5 rings (SSSR count). The summed E-state index contributed by atoms with van der Waals surface area (Å²) in [5, 5.41) is 0. The summed E-state index contributed by atoms with van der Waals surface area (Å²) in [5.41, 5.74) is 0.650. The lowest BCUT2D eigenvalue weighted by atomic mass is 9.87. The van der Waals surface area contributed by atoms with Crippen molar-refractivity contribution in [3.63, 3.8) is 0 Å². The van der Waals surface area contributed by atoms with Gasteiger partial charge in [0, 0.05) is 12.3 Å². The first-order valence-electron chi connectivity index (χ1n) is 18.9. The summed E-state index contributed by atoms with van der Waals surface area (Å²) in [5.74, 6) is 0.994. The maximum Gasteiger partial charge on any atom is 0.344 e. The van der Waals surface area contributed by atoms with E-state index in [-0.39, 0.29) is 23.5 Å². The SMILES string of the molecule is CC(C)(C)OC(=O)COc1ccc([S+](c2ccc(OCC(=O)OC(C)(C)C)cc2)c2cccc(OCc3ccccn3)c2)cc1.CC(C)(C)c1ccc(S(=O)(=O)[O-])cc1. The molecule has 0 aliphatic carbocycles. The molecule has 0 saturated heterocycles. The van der Waals surface area contributed by atoms with Crippen LogP contribution in [0, 0.1) is 0 Å². The number of carbonyl (C=O) groups excluding carboxylic acids is 2. The highest BCUT2D eigenvalue weighted by molar-refractivity contribution is 7.97. The third-order valence-corrected chi connectivity index (χ3v) is 10.9. The molecule has 1 aromatic heterocycles. The van der Waals surface area contributed by atoms with Crippen LogP contribution in [0.5, 0.6) is 17.2 Å². The van der Waals surface area contributed by atoms with E-state index in [1.54, 1.807) is 18.3 Å². The van der Waals surface area contributed by atoms with Crippen LogP contribution in [0.3, 0.4) is 0 Å². The summed E-state index contributed by atoms with van der Waals surface area (Å²) in [7, 11) is -4.85. The Labute approximate surface area is 351 Å². The van der Waals surface area contributed by atoms with Crippen molar-refractivity contribution >= 4 is 33.0 Å². The van der Waals surface area contributed by atoms with E-state index in [0.29, 0.717) is 18.1 Å². The number of hydrogen-bond donors (Lipinski definition) is 0. The average Bonchev–Trinajstić information content (AvgIpc) is 3.15. The second kappa shape index (κ2) is 20.1. The highest BCUT2D eigenvalue weighted by atomic mass is 32.2. The minimum absolute atomic E-state index is 0.0365. The molecule has 0 spiro atoms. The smallest absolute Gasteiger partial charge is 0.344 e.